The summed E-state index contributed by atoms with van der Waals surface area (Å²) in [5, 5.41) is 6.41. The van der Waals surface area contributed by atoms with E-state index in [1.807, 2.05) is 48.5 Å². The van der Waals surface area contributed by atoms with Gasteiger partial charge in [0.15, 0.2) is 5.96 Å². The number of aliphatic imine (C=N–C) groups is 1. The van der Waals surface area contributed by atoms with Gasteiger partial charge in [0.2, 0.25) is 5.91 Å². The molecule has 1 atom stereocenters. The second kappa shape index (κ2) is 9.07. The predicted octanol–water partition coefficient (Wildman–Crippen LogP) is 1.81. The van der Waals surface area contributed by atoms with Crippen LogP contribution in [0.4, 0.5) is 0 Å². The molecule has 27 heavy (non-hydrogen) atoms. The number of benzene rings is 2. The molecule has 0 saturated carbocycles. The number of fused-ring (bicyclic) bond motifs is 1. The van der Waals surface area contributed by atoms with Gasteiger partial charge in [-0.15, -0.1) is 0 Å². The molecule has 6 nitrogen and oxygen atoms in total. The molecule has 2 aromatic carbocycles. The fourth-order valence-electron chi connectivity index (χ4n) is 2.82. The fraction of sp³-hybridized carbons (Fsp3) is 0.333. The molecule has 142 valence electrons. The van der Waals surface area contributed by atoms with Crippen LogP contribution in [0.3, 0.4) is 0 Å². The number of rotatable bonds is 6. The molecule has 0 radical (unpaired) electrons. The van der Waals surface area contributed by atoms with Gasteiger partial charge in [0, 0.05) is 20.5 Å². The number of hydrogen-bond acceptors (Lipinski definition) is 3. The summed E-state index contributed by atoms with van der Waals surface area (Å²) in [4.78, 5) is 18.0. The number of likely N-dealkylation sites (N-methyl/N-ethyl adjacent to an activating group) is 1. The van der Waals surface area contributed by atoms with Gasteiger partial charge < -0.3 is 20.3 Å². The quantitative estimate of drug-likeness (QED) is 0.605. The monoisotopic (exact) mass is 366 g/mol. The highest BCUT2D eigenvalue weighted by Crippen LogP contribution is 2.27. The van der Waals surface area contributed by atoms with Crippen molar-refractivity contribution in [1.82, 2.24) is 15.5 Å². The largest absolute Gasteiger partial charge is 0.488 e. The highest BCUT2D eigenvalue weighted by molar-refractivity contribution is 5.86. The van der Waals surface area contributed by atoms with Crippen molar-refractivity contribution in [3.05, 3.63) is 65.7 Å². The van der Waals surface area contributed by atoms with E-state index in [1.165, 1.54) is 5.56 Å². The Kier molecular flexibility index (Phi) is 6.30. The van der Waals surface area contributed by atoms with Gasteiger partial charge in [0.1, 0.15) is 11.9 Å². The lowest BCUT2D eigenvalue weighted by atomic mass is 10.1. The molecule has 3 rings (SSSR count). The van der Waals surface area contributed by atoms with Crippen molar-refractivity contribution in [3.8, 4) is 5.75 Å². The van der Waals surface area contributed by atoms with Crippen LogP contribution in [-0.4, -0.2) is 50.1 Å². The van der Waals surface area contributed by atoms with Crippen molar-refractivity contribution in [3.63, 3.8) is 0 Å². The maximum atomic E-state index is 11.9. The summed E-state index contributed by atoms with van der Waals surface area (Å²) in [6.07, 6.45) is 0.918. The van der Waals surface area contributed by atoms with E-state index in [1.54, 1.807) is 19.0 Å². The summed E-state index contributed by atoms with van der Waals surface area (Å²) in [7, 11) is 3.48. The van der Waals surface area contributed by atoms with Crippen LogP contribution in [0.1, 0.15) is 11.1 Å². The summed E-state index contributed by atoms with van der Waals surface area (Å²) < 4.78 is 5.96. The third-order valence-corrected chi connectivity index (χ3v) is 4.38. The number of amides is 1. The number of carbonyl (C=O) groups is 1. The first kappa shape index (κ1) is 18.8. The molecule has 1 heterocycles. The lowest BCUT2D eigenvalue weighted by Crippen LogP contribution is -2.45. The molecule has 2 aromatic rings. The molecule has 2 N–H and O–H groups in total. The normalized spacial score (nSPS) is 15.6. The average Bonchev–Trinajstić information content (AvgIpc) is 3.10. The van der Waals surface area contributed by atoms with Crippen molar-refractivity contribution < 1.29 is 9.53 Å². The number of guanidine groups is 1. The fourth-order valence-corrected chi connectivity index (χ4v) is 2.82. The van der Waals surface area contributed by atoms with E-state index in [-0.39, 0.29) is 18.6 Å². The maximum Gasteiger partial charge on any atom is 0.241 e. The molecular formula is C21H26N4O2. The standard InChI is InChI=1S/C21H26N4O2/c1-25(2)20(26)15-24-21(22-13-16-8-4-3-5-9-16)23-14-18-12-17-10-6-7-11-19(17)27-18/h3-11,18H,12-15H2,1-2H3,(H2,22,23,24). The molecule has 0 aromatic heterocycles. The van der Waals surface area contributed by atoms with Crippen molar-refractivity contribution in [2.24, 2.45) is 4.99 Å². The summed E-state index contributed by atoms with van der Waals surface area (Å²) in [6, 6.07) is 18.1. The molecule has 1 amide bonds. The van der Waals surface area contributed by atoms with E-state index in [4.69, 9.17) is 4.74 Å². The molecule has 6 heteroatoms. The van der Waals surface area contributed by atoms with Crippen LogP contribution in [-0.2, 0) is 17.8 Å². The molecule has 1 unspecified atom stereocenters. The van der Waals surface area contributed by atoms with E-state index in [2.05, 4.69) is 21.7 Å². The second-order valence-electron chi connectivity index (χ2n) is 6.72. The summed E-state index contributed by atoms with van der Waals surface area (Å²) in [6.45, 7) is 1.35. The van der Waals surface area contributed by atoms with Crippen LogP contribution in [0.5, 0.6) is 5.75 Å². The Morgan fingerprint density at radius 1 is 1.11 bits per heavy atom. The van der Waals surface area contributed by atoms with Crippen LogP contribution in [0, 0.1) is 0 Å². The lowest BCUT2D eigenvalue weighted by molar-refractivity contribution is -0.127. The van der Waals surface area contributed by atoms with E-state index in [0.29, 0.717) is 19.0 Å². The van der Waals surface area contributed by atoms with Crippen LogP contribution < -0.4 is 15.4 Å². The van der Waals surface area contributed by atoms with Crippen LogP contribution in [0.15, 0.2) is 59.6 Å². The zero-order chi connectivity index (χ0) is 19.1. The first-order valence-corrected chi connectivity index (χ1v) is 9.12. The molecule has 1 aliphatic rings. The summed E-state index contributed by atoms with van der Waals surface area (Å²) in [5.74, 6) is 1.55. The predicted molar refractivity (Wildman–Crippen MR) is 107 cm³/mol. The van der Waals surface area contributed by atoms with Crippen molar-refractivity contribution in [1.29, 1.82) is 0 Å². The smallest absolute Gasteiger partial charge is 0.241 e. The Morgan fingerprint density at radius 2 is 1.85 bits per heavy atom. The minimum Gasteiger partial charge on any atom is -0.488 e. The Balaban J connectivity index is 1.58. The van der Waals surface area contributed by atoms with Crippen LogP contribution in [0.25, 0.3) is 0 Å². The molecule has 0 spiro atoms. The van der Waals surface area contributed by atoms with Crippen LogP contribution in [0.2, 0.25) is 0 Å². The first-order valence-electron chi connectivity index (χ1n) is 9.12. The molecule has 0 fully saturated rings. The number of nitrogens with zero attached hydrogens (tertiary/aromatic N) is 2. The minimum atomic E-state index is -0.00580. The zero-order valence-electron chi connectivity index (χ0n) is 15.8. The van der Waals surface area contributed by atoms with E-state index < -0.39 is 0 Å². The van der Waals surface area contributed by atoms with Gasteiger partial charge in [-0.05, 0) is 17.2 Å². The highest BCUT2D eigenvalue weighted by atomic mass is 16.5. The van der Waals surface area contributed by atoms with E-state index in [9.17, 15) is 4.79 Å². The van der Waals surface area contributed by atoms with Gasteiger partial charge in [-0.1, -0.05) is 48.5 Å². The summed E-state index contributed by atoms with van der Waals surface area (Å²) in [5.41, 5.74) is 2.34. The number of ether oxygens (including phenoxy) is 1. The molecule has 1 aliphatic heterocycles. The summed E-state index contributed by atoms with van der Waals surface area (Å²) >= 11 is 0. The van der Waals surface area contributed by atoms with Gasteiger partial charge >= 0.3 is 0 Å². The van der Waals surface area contributed by atoms with E-state index >= 15 is 0 Å². The third kappa shape index (κ3) is 5.48. The van der Waals surface area contributed by atoms with E-state index in [0.717, 1.165) is 17.7 Å². The Hall–Kier alpha value is -3.02. The number of nitrogens with one attached hydrogen (secondary N) is 2. The molecule has 0 aliphatic carbocycles. The second-order valence-corrected chi connectivity index (χ2v) is 6.72. The van der Waals surface area contributed by atoms with Gasteiger partial charge in [0.05, 0.1) is 19.6 Å². The SMILES string of the molecule is CN(C)C(=O)CNC(=NCc1ccccc1)NCC1Cc2ccccc2O1. The van der Waals surface area contributed by atoms with Crippen molar-refractivity contribution >= 4 is 11.9 Å². The zero-order valence-corrected chi connectivity index (χ0v) is 15.8. The average molecular weight is 366 g/mol. The Morgan fingerprint density at radius 3 is 2.59 bits per heavy atom. The Bertz CT molecular complexity index is 765. The lowest BCUT2D eigenvalue weighted by Gasteiger charge is -2.17. The van der Waals surface area contributed by atoms with Gasteiger partial charge in [-0.25, -0.2) is 4.99 Å². The molecular weight excluding hydrogens is 340 g/mol. The van der Waals surface area contributed by atoms with Gasteiger partial charge in [-0.2, -0.15) is 0 Å². The number of para-hydroxylation sites is 1. The highest BCUT2D eigenvalue weighted by Gasteiger charge is 2.22. The third-order valence-electron chi connectivity index (χ3n) is 4.38. The van der Waals surface area contributed by atoms with Gasteiger partial charge in [-0.3, -0.25) is 4.79 Å². The number of hydrogen-bond donors (Lipinski definition) is 2. The first-order chi connectivity index (χ1) is 13.1. The van der Waals surface area contributed by atoms with Gasteiger partial charge in [0.25, 0.3) is 0 Å². The molecule has 0 saturated heterocycles. The minimum absolute atomic E-state index is 0.00580. The maximum absolute atomic E-state index is 11.9. The number of carbonyl (C=O) groups excluding carboxylic acids is 1. The van der Waals surface area contributed by atoms with Crippen molar-refractivity contribution in [2.45, 2.75) is 19.1 Å². The molecule has 0 bridgehead atoms. The topological polar surface area (TPSA) is 66.0 Å². The van der Waals surface area contributed by atoms with Crippen LogP contribution >= 0.6 is 0 Å². The van der Waals surface area contributed by atoms with Crippen molar-refractivity contribution in [2.75, 3.05) is 27.2 Å². The Labute approximate surface area is 160 Å².